The van der Waals surface area contributed by atoms with E-state index in [4.69, 9.17) is 0 Å². The number of nitrogens with zero attached hydrogens (tertiary/aromatic N) is 1. The molecule has 1 saturated heterocycles. The van der Waals surface area contributed by atoms with Crippen LogP contribution in [0.1, 0.15) is 33.1 Å². The minimum absolute atomic E-state index is 0.734. The number of alkyl halides is 1. The van der Waals surface area contributed by atoms with Crippen molar-refractivity contribution in [2.45, 2.75) is 37.9 Å². The van der Waals surface area contributed by atoms with Gasteiger partial charge in [0.05, 0.1) is 0 Å². The lowest BCUT2D eigenvalue weighted by atomic mass is 10.00. The van der Waals surface area contributed by atoms with Crippen LogP contribution in [-0.4, -0.2) is 29.4 Å². The van der Waals surface area contributed by atoms with Crippen molar-refractivity contribution in [3.05, 3.63) is 0 Å². The molecular formula is C10H20BrN. The van der Waals surface area contributed by atoms with E-state index in [0.717, 1.165) is 10.7 Å². The van der Waals surface area contributed by atoms with Crippen molar-refractivity contribution in [2.75, 3.05) is 19.6 Å². The van der Waals surface area contributed by atoms with Crippen LogP contribution in [0.3, 0.4) is 0 Å². The molecule has 1 nitrogen and oxygen atoms in total. The zero-order valence-corrected chi connectivity index (χ0v) is 9.81. The molecule has 0 aromatic rings. The van der Waals surface area contributed by atoms with Crippen molar-refractivity contribution in [1.82, 2.24) is 4.90 Å². The van der Waals surface area contributed by atoms with Crippen molar-refractivity contribution in [3.8, 4) is 0 Å². The molecule has 12 heavy (non-hydrogen) atoms. The van der Waals surface area contributed by atoms with Gasteiger partial charge in [-0.2, -0.15) is 0 Å². The average Bonchev–Trinajstić information content (AvgIpc) is 1.99. The van der Waals surface area contributed by atoms with Crippen molar-refractivity contribution in [3.63, 3.8) is 0 Å². The fourth-order valence-electron chi connectivity index (χ4n) is 1.95. The molecule has 0 aliphatic carbocycles. The summed E-state index contributed by atoms with van der Waals surface area (Å²) >= 11 is 3.72. The standard InChI is InChI=1S/C10H20BrN/c1-3-4-5-12-7-9(2)6-10(11)8-12/h9-10H,3-8H2,1-2H3. The average molecular weight is 234 g/mol. The zero-order chi connectivity index (χ0) is 8.97. The van der Waals surface area contributed by atoms with Gasteiger partial charge in [0.2, 0.25) is 0 Å². The Bertz CT molecular complexity index is 117. The molecule has 0 bridgehead atoms. The van der Waals surface area contributed by atoms with Crippen molar-refractivity contribution < 1.29 is 0 Å². The number of piperidine rings is 1. The molecular weight excluding hydrogens is 214 g/mol. The second-order valence-corrected chi connectivity index (χ2v) is 5.35. The highest BCUT2D eigenvalue weighted by atomic mass is 79.9. The van der Waals surface area contributed by atoms with Gasteiger partial charge in [0, 0.05) is 17.9 Å². The molecule has 2 heteroatoms. The Hall–Kier alpha value is 0.440. The van der Waals surface area contributed by atoms with E-state index in [0.29, 0.717) is 0 Å². The Morgan fingerprint density at radius 2 is 2.17 bits per heavy atom. The molecule has 2 atom stereocenters. The molecule has 0 amide bonds. The van der Waals surface area contributed by atoms with Gasteiger partial charge in [0.1, 0.15) is 0 Å². The monoisotopic (exact) mass is 233 g/mol. The van der Waals surface area contributed by atoms with Gasteiger partial charge in [-0.1, -0.05) is 36.2 Å². The molecule has 0 saturated carbocycles. The second kappa shape index (κ2) is 5.23. The number of likely N-dealkylation sites (tertiary alicyclic amines) is 1. The van der Waals surface area contributed by atoms with Gasteiger partial charge < -0.3 is 4.90 Å². The van der Waals surface area contributed by atoms with E-state index in [1.807, 2.05) is 0 Å². The van der Waals surface area contributed by atoms with Crippen molar-refractivity contribution >= 4 is 15.9 Å². The van der Waals surface area contributed by atoms with Gasteiger partial charge in [-0.05, 0) is 25.3 Å². The Kier molecular flexibility index (Phi) is 4.59. The van der Waals surface area contributed by atoms with Crippen LogP contribution in [0.2, 0.25) is 0 Å². The van der Waals surface area contributed by atoms with Crippen LogP contribution in [0.15, 0.2) is 0 Å². The third kappa shape index (κ3) is 3.44. The lowest BCUT2D eigenvalue weighted by Crippen LogP contribution is -2.40. The lowest BCUT2D eigenvalue weighted by molar-refractivity contribution is 0.189. The number of halogens is 1. The maximum atomic E-state index is 3.72. The lowest BCUT2D eigenvalue weighted by Gasteiger charge is -2.33. The Morgan fingerprint density at radius 1 is 1.42 bits per heavy atom. The Morgan fingerprint density at radius 3 is 2.75 bits per heavy atom. The quantitative estimate of drug-likeness (QED) is 0.679. The van der Waals surface area contributed by atoms with Crippen LogP contribution < -0.4 is 0 Å². The van der Waals surface area contributed by atoms with Gasteiger partial charge in [0.25, 0.3) is 0 Å². The summed E-state index contributed by atoms with van der Waals surface area (Å²) in [6.07, 6.45) is 4.02. The summed E-state index contributed by atoms with van der Waals surface area (Å²) in [5, 5.41) is 0. The summed E-state index contributed by atoms with van der Waals surface area (Å²) in [7, 11) is 0. The third-order valence-electron chi connectivity index (χ3n) is 2.51. The third-order valence-corrected chi connectivity index (χ3v) is 3.18. The van der Waals surface area contributed by atoms with Gasteiger partial charge in [-0.25, -0.2) is 0 Å². The molecule has 1 aliphatic heterocycles. The van der Waals surface area contributed by atoms with E-state index < -0.39 is 0 Å². The largest absolute Gasteiger partial charge is 0.302 e. The zero-order valence-electron chi connectivity index (χ0n) is 8.22. The van der Waals surface area contributed by atoms with E-state index in [1.165, 1.54) is 38.9 Å². The summed E-state index contributed by atoms with van der Waals surface area (Å²) < 4.78 is 0. The maximum Gasteiger partial charge on any atom is 0.0276 e. The minimum atomic E-state index is 0.734. The maximum absolute atomic E-state index is 3.72. The predicted molar refractivity (Wildman–Crippen MR) is 57.8 cm³/mol. The van der Waals surface area contributed by atoms with Crippen LogP contribution in [0.25, 0.3) is 0 Å². The first-order valence-corrected chi connectivity index (χ1v) is 6.00. The van der Waals surface area contributed by atoms with Crippen molar-refractivity contribution in [2.24, 2.45) is 5.92 Å². The summed E-state index contributed by atoms with van der Waals surface area (Å²) in [5.41, 5.74) is 0. The summed E-state index contributed by atoms with van der Waals surface area (Å²) in [6, 6.07) is 0. The number of unbranched alkanes of at least 4 members (excludes halogenated alkanes) is 1. The van der Waals surface area contributed by atoms with Gasteiger partial charge in [-0.15, -0.1) is 0 Å². The molecule has 1 heterocycles. The predicted octanol–water partition coefficient (Wildman–Crippen LogP) is 2.89. The van der Waals surface area contributed by atoms with Crippen LogP contribution in [0.5, 0.6) is 0 Å². The highest BCUT2D eigenvalue weighted by Crippen LogP contribution is 2.21. The Balaban J connectivity index is 2.24. The first-order chi connectivity index (χ1) is 5.72. The van der Waals surface area contributed by atoms with Crippen LogP contribution in [-0.2, 0) is 0 Å². The smallest absolute Gasteiger partial charge is 0.0276 e. The van der Waals surface area contributed by atoms with Crippen LogP contribution >= 0.6 is 15.9 Å². The number of hydrogen-bond acceptors (Lipinski definition) is 1. The molecule has 0 N–H and O–H groups in total. The highest BCUT2D eigenvalue weighted by Gasteiger charge is 2.21. The summed E-state index contributed by atoms with van der Waals surface area (Å²) in [5.74, 6) is 0.875. The van der Waals surface area contributed by atoms with E-state index in [-0.39, 0.29) is 0 Å². The molecule has 0 aromatic heterocycles. The SMILES string of the molecule is CCCCN1CC(C)CC(Br)C1. The summed E-state index contributed by atoms with van der Waals surface area (Å²) in [4.78, 5) is 3.33. The van der Waals surface area contributed by atoms with Crippen LogP contribution in [0, 0.1) is 5.92 Å². The van der Waals surface area contributed by atoms with E-state index in [2.05, 4.69) is 34.7 Å². The van der Waals surface area contributed by atoms with Gasteiger partial charge >= 0.3 is 0 Å². The Labute approximate surface area is 84.6 Å². The van der Waals surface area contributed by atoms with Crippen LogP contribution in [0.4, 0.5) is 0 Å². The molecule has 2 unspecified atom stereocenters. The number of rotatable bonds is 3. The molecule has 1 aliphatic rings. The first-order valence-electron chi connectivity index (χ1n) is 5.08. The first kappa shape index (κ1) is 10.5. The second-order valence-electron chi connectivity index (χ2n) is 4.05. The van der Waals surface area contributed by atoms with Gasteiger partial charge in [-0.3, -0.25) is 0 Å². The molecule has 1 rings (SSSR count). The topological polar surface area (TPSA) is 3.24 Å². The molecule has 0 radical (unpaired) electrons. The van der Waals surface area contributed by atoms with Gasteiger partial charge in [0.15, 0.2) is 0 Å². The molecule has 72 valence electrons. The normalized spacial score (nSPS) is 32.2. The molecule has 0 spiro atoms. The highest BCUT2D eigenvalue weighted by molar-refractivity contribution is 9.09. The number of hydrogen-bond donors (Lipinski definition) is 0. The summed E-state index contributed by atoms with van der Waals surface area (Å²) in [6.45, 7) is 8.47. The minimum Gasteiger partial charge on any atom is -0.302 e. The fraction of sp³-hybridized carbons (Fsp3) is 1.00. The fourth-order valence-corrected chi connectivity index (χ4v) is 2.99. The van der Waals surface area contributed by atoms with E-state index >= 15 is 0 Å². The molecule has 0 aromatic carbocycles. The molecule has 1 fully saturated rings. The van der Waals surface area contributed by atoms with E-state index in [1.54, 1.807) is 0 Å². The van der Waals surface area contributed by atoms with Crippen molar-refractivity contribution in [1.29, 1.82) is 0 Å². The van der Waals surface area contributed by atoms with E-state index in [9.17, 15) is 0 Å².